The first-order valence-electron chi connectivity index (χ1n) is 7.57. The van der Waals surface area contributed by atoms with Gasteiger partial charge in [0.25, 0.3) is 11.8 Å². The van der Waals surface area contributed by atoms with Crippen LogP contribution in [0.15, 0.2) is 47.4 Å². The lowest BCUT2D eigenvalue weighted by Gasteiger charge is -2.15. The normalized spacial score (nSPS) is 13.9. The van der Waals surface area contributed by atoms with Gasteiger partial charge in [0.05, 0.1) is 26.6 Å². The highest BCUT2D eigenvalue weighted by atomic mass is 35.5. The number of sulfonamides is 1. The van der Waals surface area contributed by atoms with Gasteiger partial charge >= 0.3 is 5.97 Å². The van der Waals surface area contributed by atoms with E-state index in [0.29, 0.717) is 5.06 Å². The van der Waals surface area contributed by atoms with Crippen LogP contribution < -0.4 is 0 Å². The van der Waals surface area contributed by atoms with Crippen LogP contribution in [0.5, 0.6) is 0 Å². The van der Waals surface area contributed by atoms with Crippen LogP contribution in [0.1, 0.15) is 31.1 Å². The number of hydrogen-bond acceptors (Lipinski definition) is 6. The molecular weight excluding hydrogens is 396 g/mol. The molecule has 0 fully saturated rings. The monoisotopic (exact) mass is 408 g/mol. The molecule has 0 atom stereocenters. The minimum absolute atomic E-state index is 0.0886. The van der Waals surface area contributed by atoms with E-state index in [1.165, 1.54) is 38.4 Å². The average molecular weight is 409 g/mol. The number of imide groups is 1. The minimum Gasteiger partial charge on any atom is -0.324 e. The van der Waals surface area contributed by atoms with Crippen molar-refractivity contribution in [3.63, 3.8) is 0 Å². The highest BCUT2D eigenvalue weighted by Crippen LogP contribution is 2.26. The Balaban J connectivity index is 1.92. The maximum Gasteiger partial charge on any atom is 0.365 e. The minimum atomic E-state index is -3.82. The number of hydroxylamine groups is 2. The molecule has 1 aliphatic rings. The van der Waals surface area contributed by atoms with Gasteiger partial charge in [0.15, 0.2) is 0 Å². The fourth-order valence-electron chi connectivity index (χ4n) is 2.41. The molecule has 1 aliphatic heterocycles. The van der Waals surface area contributed by atoms with Crippen LogP contribution in [0.4, 0.5) is 0 Å². The van der Waals surface area contributed by atoms with Gasteiger partial charge in [-0.2, -0.15) is 0 Å². The van der Waals surface area contributed by atoms with Crippen LogP contribution in [0, 0.1) is 0 Å². The third-order valence-electron chi connectivity index (χ3n) is 3.87. The van der Waals surface area contributed by atoms with Gasteiger partial charge in [-0.1, -0.05) is 28.8 Å². The van der Waals surface area contributed by atoms with E-state index < -0.39 is 27.8 Å². The van der Waals surface area contributed by atoms with Crippen LogP contribution in [0.3, 0.4) is 0 Å². The summed E-state index contributed by atoms with van der Waals surface area (Å²) in [5, 5.41) is 0.241. The molecule has 8 nitrogen and oxygen atoms in total. The van der Waals surface area contributed by atoms with Gasteiger partial charge in [0.1, 0.15) is 0 Å². The summed E-state index contributed by atoms with van der Waals surface area (Å²) in [5.74, 6) is -2.72. The molecule has 0 aliphatic carbocycles. The molecule has 27 heavy (non-hydrogen) atoms. The third-order valence-corrected chi connectivity index (χ3v) is 6.01. The van der Waals surface area contributed by atoms with Gasteiger partial charge in [-0.3, -0.25) is 9.59 Å². The first-order chi connectivity index (χ1) is 12.6. The van der Waals surface area contributed by atoms with Crippen molar-refractivity contribution in [1.29, 1.82) is 0 Å². The Labute approximate surface area is 159 Å². The van der Waals surface area contributed by atoms with E-state index in [2.05, 4.69) is 0 Å². The fourth-order valence-corrected chi connectivity index (χ4v) is 3.54. The summed E-state index contributed by atoms with van der Waals surface area (Å²) >= 11 is 5.97. The number of nitrogens with zero attached hydrogens (tertiary/aromatic N) is 2. The van der Waals surface area contributed by atoms with Crippen molar-refractivity contribution in [2.45, 2.75) is 4.90 Å². The zero-order valence-corrected chi connectivity index (χ0v) is 15.7. The van der Waals surface area contributed by atoms with Crippen LogP contribution >= 0.6 is 11.6 Å². The number of carbonyl (C=O) groups excluding carboxylic acids is 3. The predicted molar refractivity (Wildman–Crippen MR) is 94.7 cm³/mol. The summed E-state index contributed by atoms with van der Waals surface area (Å²) in [6, 6.07) is 9.48. The number of carbonyl (C=O) groups is 3. The molecule has 0 spiro atoms. The second-order valence-corrected chi connectivity index (χ2v) is 8.32. The van der Waals surface area contributed by atoms with Crippen molar-refractivity contribution in [3.05, 3.63) is 64.2 Å². The van der Waals surface area contributed by atoms with E-state index >= 15 is 0 Å². The first-order valence-corrected chi connectivity index (χ1v) is 9.38. The molecule has 0 bridgehead atoms. The van der Waals surface area contributed by atoms with Crippen LogP contribution in [0.25, 0.3) is 0 Å². The largest absolute Gasteiger partial charge is 0.365 e. The number of amides is 2. The second-order valence-electron chi connectivity index (χ2n) is 5.76. The Morgan fingerprint density at radius 2 is 1.59 bits per heavy atom. The summed E-state index contributed by atoms with van der Waals surface area (Å²) in [7, 11) is -1.15. The summed E-state index contributed by atoms with van der Waals surface area (Å²) in [6.45, 7) is 0. The quantitative estimate of drug-likeness (QED) is 0.717. The van der Waals surface area contributed by atoms with Crippen LogP contribution in [0.2, 0.25) is 5.02 Å². The van der Waals surface area contributed by atoms with E-state index in [1.807, 2.05) is 0 Å². The molecule has 2 amide bonds. The van der Waals surface area contributed by atoms with E-state index in [0.717, 1.165) is 10.4 Å². The molecule has 3 rings (SSSR count). The lowest BCUT2D eigenvalue weighted by Crippen LogP contribution is -2.33. The van der Waals surface area contributed by atoms with Gasteiger partial charge in [-0.25, -0.2) is 17.5 Å². The maximum atomic E-state index is 12.5. The van der Waals surface area contributed by atoms with E-state index in [9.17, 15) is 22.8 Å². The van der Waals surface area contributed by atoms with Crippen molar-refractivity contribution in [3.8, 4) is 0 Å². The second kappa shape index (κ2) is 6.76. The van der Waals surface area contributed by atoms with Crippen molar-refractivity contribution in [2.75, 3.05) is 14.1 Å². The molecule has 0 aromatic heterocycles. The number of benzene rings is 2. The Morgan fingerprint density at radius 1 is 1.04 bits per heavy atom. The lowest BCUT2D eigenvalue weighted by molar-refractivity contribution is -0.0584. The van der Waals surface area contributed by atoms with Crippen LogP contribution in [-0.2, 0) is 14.9 Å². The van der Waals surface area contributed by atoms with Crippen molar-refractivity contribution in [2.24, 2.45) is 0 Å². The SMILES string of the molecule is CN(C)S(=O)(=O)c1ccc(Cl)c(C(=O)ON2C(=O)c3ccccc3C2=O)c1. The van der Waals surface area contributed by atoms with E-state index in [1.54, 1.807) is 12.1 Å². The molecule has 1 heterocycles. The summed E-state index contributed by atoms with van der Waals surface area (Å²) in [4.78, 5) is 41.7. The highest BCUT2D eigenvalue weighted by molar-refractivity contribution is 7.89. The number of hydrogen-bond donors (Lipinski definition) is 0. The number of halogens is 1. The zero-order valence-electron chi connectivity index (χ0n) is 14.2. The number of fused-ring (bicyclic) bond motifs is 1. The Bertz CT molecular complexity index is 1050. The molecule has 2 aromatic carbocycles. The first kappa shape index (κ1) is 19.0. The Hall–Kier alpha value is -2.75. The molecule has 140 valence electrons. The van der Waals surface area contributed by atoms with E-state index in [4.69, 9.17) is 16.4 Å². The molecule has 0 saturated carbocycles. The average Bonchev–Trinajstić information content (AvgIpc) is 2.87. The molecule has 0 N–H and O–H groups in total. The van der Waals surface area contributed by atoms with Crippen molar-refractivity contribution >= 4 is 39.4 Å². The van der Waals surface area contributed by atoms with Gasteiger partial charge in [-0.05, 0) is 30.3 Å². The van der Waals surface area contributed by atoms with Crippen molar-refractivity contribution in [1.82, 2.24) is 9.37 Å². The Morgan fingerprint density at radius 3 is 2.11 bits per heavy atom. The van der Waals surface area contributed by atoms with Gasteiger partial charge < -0.3 is 4.84 Å². The molecule has 0 radical (unpaired) electrons. The standard InChI is InChI=1S/C17H13ClN2O6S/c1-19(2)27(24,25)10-7-8-14(18)13(9-10)17(23)26-20-15(21)11-5-3-4-6-12(11)16(20)22/h3-9H,1-2H3. The van der Waals surface area contributed by atoms with Gasteiger partial charge in [0, 0.05) is 14.1 Å². The molecule has 10 heteroatoms. The van der Waals surface area contributed by atoms with Gasteiger partial charge in [-0.15, -0.1) is 0 Å². The Kier molecular flexibility index (Phi) is 4.77. The van der Waals surface area contributed by atoms with Crippen LogP contribution in [-0.4, -0.2) is 49.7 Å². The summed E-state index contributed by atoms with van der Waals surface area (Å²) < 4.78 is 25.4. The lowest BCUT2D eigenvalue weighted by atomic mass is 10.1. The molecular formula is C17H13ClN2O6S. The third kappa shape index (κ3) is 3.20. The molecule has 0 saturated heterocycles. The van der Waals surface area contributed by atoms with E-state index in [-0.39, 0.29) is 26.6 Å². The smallest absolute Gasteiger partial charge is 0.324 e. The maximum absolute atomic E-state index is 12.5. The topological polar surface area (TPSA) is 101 Å². The zero-order chi connectivity index (χ0) is 19.9. The summed E-state index contributed by atoms with van der Waals surface area (Å²) in [6.07, 6.45) is 0. The highest BCUT2D eigenvalue weighted by Gasteiger charge is 2.39. The fraction of sp³-hybridized carbons (Fsp3) is 0.118. The number of rotatable bonds is 4. The van der Waals surface area contributed by atoms with Crippen molar-refractivity contribution < 1.29 is 27.6 Å². The molecule has 0 unspecified atom stereocenters. The summed E-state index contributed by atoms with van der Waals surface area (Å²) in [5.41, 5.74) is -0.0909. The van der Waals surface area contributed by atoms with Gasteiger partial charge in [0.2, 0.25) is 10.0 Å². The predicted octanol–water partition coefficient (Wildman–Crippen LogP) is 1.96. The molecule has 2 aromatic rings.